The van der Waals surface area contributed by atoms with E-state index in [1.54, 1.807) is 15.3 Å². The van der Waals surface area contributed by atoms with E-state index in [2.05, 4.69) is 22.5 Å². The van der Waals surface area contributed by atoms with Gasteiger partial charge in [0.15, 0.2) is 0 Å². The van der Waals surface area contributed by atoms with Crippen molar-refractivity contribution in [3.05, 3.63) is 88.5 Å². The van der Waals surface area contributed by atoms with E-state index in [-0.39, 0.29) is 29.7 Å². The number of ether oxygens (including phenoxy) is 2. The average molecular weight is 555 g/mol. The first-order chi connectivity index (χ1) is 19.9. The van der Waals surface area contributed by atoms with E-state index >= 15 is 0 Å². The summed E-state index contributed by atoms with van der Waals surface area (Å²) in [6.45, 7) is 5.26. The SMILES string of the molecule is CC(C)Oc1cc2nn(-c3cccn(C4CC4)c3=O)cc2cc1C(=O)NC1CCC(COCc2ccccc2)CC1. The maximum absolute atomic E-state index is 13.5. The second kappa shape index (κ2) is 11.9. The monoisotopic (exact) mass is 554 g/mol. The maximum atomic E-state index is 13.5. The van der Waals surface area contributed by atoms with Gasteiger partial charge in [0.1, 0.15) is 11.4 Å². The molecule has 0 bridgehead atoms. The van der Waals surface area contributed by atoms with E-state index in [1.807, 2.05) is 62.6 Å². The molecule has 6 rings (SSSR count). The number of rotatable bonds is 10. The molecule has 0 radical (unpaired) electrons. The van der Waals surface area contributed by atoms with Gasteiger partial charge in [-0.05, 0) is 82.1 Å². The number of aromatic nitrogens is 3. The lowest BCUT2D eigenvalue weighted by Crippen LogP contribution is -2.38. The van der Waals surface area contributed by atoms with E-state index in [0.29, 0.717) is 35.0 Å². The van der Waals surface area contributed by atoms with Crippen molar-refractivity contribution >= 4 is 16.8 Å². The zero-order valence-corrected chi connectivity index (χ0v) is 23.8. The highest BCUT2D eigenvalue weighted by molar-refractivity contribution is 6.01. The third-order valence-electron chi connectivity index (χ3n) is 8.00. The summed E-state index contributed by atoms with van der Waals surface area (Å²) in [4.78, 5) is 26.6. The van der Waals surface area contributed by atoms with Crippen molar-refractivity contribution in [2.24, 2.45) is 5.92 Å². The molecule has 0 spiro atoms. The minimum Gasteiger partial charge on any atom is -0.490 e. The minimum absolute atomic E-state index is 0.0551. The normalized spacial score (nSPS) is 19.0. The fraction of sp³-hybridized carbons (Fsp3) is 0.424. The zero-order chi connectivity index (χ0) is 28.3. The third-order valence-corrected chi connectivity index (χ3v) is 8.00. The summed E-state index contributed by atoms with van der Waals surface area (Å²) in [6.07, 6.45) is 9.51. The molecule has 0 saturated heterocycles. The van der Waals surface area contributed by atoms with Gasteiger partial charge >= 0.3 is 0 Å². The van der Waals surface area contributed by atoms with Gasteiger partial charge in [0.05, 0.1) is 23.8 Å². The minimum atomic E-state index is -0.144. The predicted molar refractivity (Wildman–Crippen MR) is 159 cm³/mol. The summed E-state index contributed by atoms with van der Waals surface area (Å²) >= 11 is 0. The van der Waals surface area contributed by atoms with Crippen LogP contribution in [-0.4, -0.2) is 39.0 Å². The number of amides is 1. The third kappa shape index (κ3) is 6.38. The Morgan fingerprint density at radius 3 is 2.54 bits per heavy atom. The topological polar surface area (TPSA) is 87.4 Å². The Kier molecular flexibility index (Phi) is 7.92. The van der Waals surface area contributed by atoms with Gasteiger partial charge in [-0.3, -0.25) is 9.59 Å². The Labute approximate surface area is 240 Å². The number of hydrogen-bond donors (Lipinski definition) is 1. The fourth-order valence-corrected chi connectivity index (χ4v) is 5.67. The van der Waals surface area contributed by atoms with Crippen molar-refractivity contribution in [1.29, 1.82) is 0 Å². The van der Waals surface area contributed by atoms with Crippen molar-refractivity contribution in [2.45, 2.75) is 77.2 Å². The van der Waals surface area contributed by atoms with Crippen LogP contribution >= 0.6 is 0 Å². The Hall–Kier alpha value is -3.91. The van der Waals surface area contributed by atoms with Crippen LogP contribution in [0.15, 0.2) is 71.8 Å². The van der Waals surface area contributed by atoms with Crippen LogP contribution < -0.4 is 15.6 Å². The van der Waals surface area contributed by atoms with E-state index in [1.165, 1.54) is 5.56 Å². The molecule has 2 saturated carbocycles. The number of nitrogens with one attached hydrogen (secondary N) is 1. The summed E-state index contributed by atoms with van der Waals surface area (Å²) in [5.41, 5.74) is 2.80. The van der Waals surface area contributed by atoms with Gasteiger partial charge in [-0.25, -0.2) is 4.68 Å². The number of fused-ring (bicyclic) bond motifs is 1. The van der Waals surface area contributed by atoms with Crippen molar-refractivity contribution in [3.8, 4) is 11.4 Å². The molecule has 0 unspecified atom stereocenters. The van der Waals surface area contributed by atoms with Crippen molar-refractivity contribution in [2.75, 3.05) is 6.61 Å². The van der Waals surface area contributed by atoms with Gasteiger partial charge in [0.25, 0.3) is 11.5 Å². The Balaban J connectivity index is 1.14. The molecule has 8 nitrogen and oxygen atoms in total. The first-order valence-corrected chi connectivity index (χ1v) is 14.8. The zero-order valence-electron chi connectivity index (χ0n) is 23.8. The standard InChI is InChI=1S/C33H38N4O4/c1-22(2)41-31-18-29-25(19-37(35-29)30-9-6-16-36(33(30)39)27-14-15-27)17-28(31)32(38)34-26-12-10-24(11-13-26)21-40-20-23-7-4-3-5-8-23/h3-9,16-19,22,24,26-27H,10-15,20-21H2,1-2H3,(H,34,38). The number of hydrogen-bond acceptors (Lipinski definition) is 5. The first kappa shape index (κ1) is 27.3. The highest BCUT2D eigenvalue weighted by Gasteiger charge is 2.27. The first-order valence-electron chi connectivity index (χ1n) is 14.8. The molecule has 2 heterocycles. The molecule has 0 aliphatic heterocycles. The molecule has 2 aliphatic carbocycles. The number of benzene rings is 2. The molecule has 41 heavy (non-hydrogen) atoms. The Morgan fingerprint density at radius 2 is 1.80 bits per heavy atom. The molecule has 8 heteroatoms. The summed E-state index contributed by atoms with van der Waals surface area (Å²) in [6, 6.07) is 18.0. The molecule has 2 aliphatic rings. The lowest BCUT2D eigenvalue weighted by atomic mass is 9.86. The summed E-state index contributed by atoms with van der Waals surface area (Å²) in [5.74, 6) is 0.868. The number of pyridine rings is 1. The number of nitrogens with zero attached hydrogens (tertiary/aromatic N) is 3. The predicted octanol–water partition coefficient (Wildman–Crippen LogP) is 5.81. The Morgan fingerprint density at radius 1 is 1.02 bits per heavy atom. The van der Waals surface area contributed by atoms with Gasteiger partial charge in [-0.1, -0.05) is 30.3 Å². The van der Waals surface area contributed by atoms with E-state index in [4.69, 9.17) is 9.47 Å². The van der Waals surface area contributed by atoms with Crippen LogP contribution in [-0.2, 0) is 11.3 Å². The van der Waals surface area contributed by atoms with E-state index in [0.717, 1.165) is 50.5 Å². The maximum Gasteiger partial charge on any atom is 0.276 e. The van der Waals surface area contributed by atoms with Gasteiger partial charge in [-0.2, -0.15) is 5.10 Å². The van der Waals surface area contributed by atoms with Crippen LogP contribution in [0.3, 0.4) is 0 Å². The Bertz CT molecular complexity index is 1560. The molecule has 0 atom stereocenters. The van der Waals surface area contributed by atoms with E-state index < -0.39 is 0 Å². The largest absolute Gasteiger partial charge is 0.490 e. The molecule has 2 fully saturated rings. The highest BCUT2D eigenvalue weighted by atomic mass is 16.5. The molecular formula is C33H38N4O4. The van der Waals surface area contributed by atoms with Crippen LogP contribution in [0, 0.1) is 5.92 Å². The van der Waals surface area contributed by atoms with Gasteiger partial charge in [0, 0.05) is 42.5 Å². The lowest BCUT2D eigenvalue weighted by Gasteiger charge is -2.29. The quantitative estimate of drug-likeness (QED) is 0.267. The summed E-state index contributed by atoms with van der Waals surface area (Å²) in [7, 11) is 0. The second-order valence-corrected chi connectivity index (χ2v) is 11.7. The van der Waals surface area contributed by atoms with Gasteiger partial charge < -0.3 is 19.4 Å². The van der Waals surface area contributed by atoms with Crippen LogP contribution in [0.25, 0.3) is 16.6 Å². The molecule has 214 valence electrons. The van der Waals surface area contributed by atoms with Gasteiger partial charge in [0.2, 0.25) is 0 Å². The molecule has 2 aromatic heterocycles. The average Bonchev–Trinajstić information content (AvgIpc) is 3.73. The van der Waals surface area contributed by atoms with Crippen LogP contribution in [0.2, 0.25) is 0 Å². The van der Waals surface area contributed by atoms with Crippen LogP contribution in [0.4, 0.5) is 0 Å². The molecule has 1 N–H and O–H groups in total. The van der Waals surface area contributed by atoms with Crippen molar-refractivity contribution < 1.29 is 14.3 Å². The fourth-order valence-electron chi connectivity index (χ4n) is 5.67. The number of carbonyl (C=O) groups excluding carboxylic acids is 1. The second-order valence-electron chi connectivity index (χ2n) is 11.7. The molecule has 1 amide bonds. The van der Waals surface area contributed by atoms with Crippen LogP contribution in [0.5, 0.6) is 5.75 Å². The molecular weight excluding hydrogens is 516 g/mol. The van der Waals surface area contributed by atoms with Crippen molar-refractivity contribution in [3.63, 3.8) is 0 Å². The molecule has 4 aromatic rings. The van der Waals surface area contributed by atoms with Crippen molar-refractivity contribution in [1.82, 2.24) is 19.7 Å². The van der Waals surface area contributed by atoms with E-state index in [9.17, 15) is 9.59 Å². The van der Waals surface area contributed by atoms with Gasteiger partial charge in [-0.15, -0.1) is 0 Å². The summed E-state index contributed by atoms with van der Waals surface area (Å²) < 4.78 is 15.4. The summed E-state index contributed by atoms with van der Waals surface area (Å²) in [5, 5.41) is 8.71. The van der Waals surface area contributed by atoms with Crippen LogP contribution in [0.1, 0.15) is 74.3 Å². The number of carbonyl (C=O) groups is 1. The highest BCUT2D eigenvalue weighted by Crippen LogP contribution is 2.33. The molecule has 2 aromatic carbocycles. The smallest absolute Gasteiger partial charge is 0.276 e. The lowest BCUT2D eigenvalue weighted by molar-refractivity contribution is 0.0680.